The van der Waals surface area contributed by atoms with Gasteiger partial charge < -0.3 is 21.3 Å². The van der Waals surface area contributed by atoms with Crippen LogP contribution in [0.25, 0.3) is 0 Å². The molecule has 2 amide bonds. The molecule has 4 unspecified atom stereocenters. The van der Waals surface area contributed by atoms with Crippen LogP contribution in [0.15, 0.2) is 58.8 Å². The zero-order valence-corrected chi connectivity index (χ0v) is 21.0. The number of nitrogens with two attached hydrogens (primary N) is 1. The molecule has 0 spiro atoms. The van der Waals surface area contributed by atoms with Gasteiger partial charge in [-0.05, 0) is 66.1 Å². The van der Waals surface area contributed by atoms with Crippen LogP contribution >= 0.6 is 0 Å². The van der Waals surface area contributed by atoms with Crippen LogP contribution in [0.5, 0.6) is 0 Å². The van der Waals surface area contributed by atoms with E-state index in [1.807, 2.05) is 24.3 Å². The van der Waals surface area contributed by atoms with Crippen molar-refractivity contribution in [2.75, 3.05) is 5.32 Å². The fourth-order valence-corrected chi connectivity index (χ4v) is 4.71. The Bertz CT molecular complexity index is 1190. The Kier molecular flexibility index (Phi) is 8.42. The Morgan fingerprint density at radius 2 is 1.49 bits per heavy atom. The van der Waals surface area contributed by atoms with E-state index in [1.54, 1.807) is 24.3 Å². The first-order chi connectivity index (χ1) is 17.4. The topological polar surface area (TPSA) is 172 Å². The minimum Gasteiger partial charge on any atom is -0.481 e. The normalized spacial score (nSPS) is 21.6. The van der Waals surface area contributed by atoms with Crippen molar-refractivity contribution >= 4 is 40.8 Å². The predicted octanol–water partition coefficient (Wildman–Crippen LogP) is 4.64. The lowest BCUT2D eigenvalue weighted by Crippen LogP contribution is -2.37. The highest BCUT2D eigenvalue weighted by atomic mass is 16.4. The highest BCUT2D eigenvalue weighted by Crippen LogP contribution is 2.44. The van der Waals surface area contributed by atoms with Crippen LogP contribution in [0.4, 0.5) is 17.1 Å². The first-order valence-electron chi connectivity index (χ1n) is 12.1. The highest BCUT2D eigenvalue weighted by molar-refractivity contribution is 5.97. The molecular weight excluding hydrogens is 476 g/mol. The quantitative estimate of drug-likeness (QED) is 0.340. The summed E-state index contributed by atoms with van der Waals surface area (Å²) in [6.07, 6.45) is 0.295. The number of hydrogen-bond donors (Lipinski definition) is 4. The van der Waals surface area contributed by atoms with Gasteiger partial charge in [-0.2, -0.15) is 10.2 Å². The van der Waals surface area contributed by atoms with Crippen molar-refractivity contribution in [1.29, 1.82) is 0 Å². The van der Waals surface area contributed by atoms with E-state index < -0.39 is 53.8 Å². The summed E-state index contributed by atoms with van der Waals surface area (Å²) in [5, 5.41) is 30.0. The molecule has 2 aromatic rings. The van der Waals surface area contributed by atoms with Crippen LogP contribution in [-0.2, 0) is 24.6 Å². The van der Waals surface area contributed by atoms with Gasteiger partial charge in [0.2, 0.25) is 11.8 Å². The predicted molar refractivity (Wildman–Crippen MR) is 137 cm³/mol. The molecule has 0 saturated heterocycles. The Balaban J connectivity index is 1.71. The van der Waals surface area contributed by atoms with Crippen LogP contribution in [-0.4, -0.2) is 34.0 Å². The average molecular weight is 509 g/mol. The minimum atomic E-state index is -1.28. The molecule has 37 heavy (non-hydrogen) atoms. The molecule has 0 aliphatic heterocycles. The van der Waals surface area contributed by atoms with E-state index in [0.717, 1.165) is 6.42 Å². The lowest BCUT2D eigenvalue weighted by atomic mass is 9.82. The van der Waals surface area contributed by atoms with Gasteiger partial charge in [0.1, 0.15) is 0 Å². The van der Waals surface area contributed by atoms with Gasteiger partial charge in [0.15, 0.2) is 0 Å². The van der Waals surface area contributed by atoms with Gasteiger partial charge in [0, 0.05) is 18.0 Å². The van der Waals surface area contributed by atoms with Gasteiger partial charge in [0.05, 0.1) is 23.2 Å². The van der Waals surface area contributed by atoms with E-state index in [0.29, 0.717) is 17.1 Å². The van der Waals surface area contributed by atoms with Crippen molar-refractivity contribution in [1.82, 2.24) is 0 Å². The first kappa shape index (κ1) is 27.5. The number of nitrogens with one attached hydrogen (secondary N) is 1. The number of carboxylic acids is 2. The largest absolute Gasteiger partial charge is 0.481 e. The fraction of sp³-hybridized carbons (Fsp3) is 0.407. The maximum Gasteiger partial charge on any atom is 0.307 e. The van der Waals surface area contributed by atoms with Crippen LogP contribution in [0.2, 0.25) is 0 Å². The van der Waals surface area contributed by atoms with Crippen LogP contribution in [0.1, 0.15) is 45.6 Å². The molecule has 196 valence electrons. The summed E-state index contributed by atoms with van der Waals surface area (Å²) in [5.41, 5.74) is 8.29. The van der Waals surface area contributed by atoms with Crippen molar-refractivity contribution in [2.24, 2.45) is 39.6 Å². The van der Waals surface area contributed by atoms with Crippen molar-refractivity contribution < 1.29 is 29.4 Å². The second-order valence-electron chi connectivity index (χ2n) is 10.00. The van der Waals surface area contributed by atoms with Crippen molar-refractivity contribution in [2.45, 2.75) is 45.4 Å². The van der Waals surface area contributed by atoms with Gasteiger partial charge >= 0.3 is 11.9 Å². The lowest BCUT2D eigenvalue weighted by Gasteiger charge is -2.23. The number of aliphatic carboxylic acids is 2. The number of rotatable bonds is 10. The molecule has 1 fully saturated rings. The zero-order valence-electron chi connectivity index (χ0n) is 21.0. The molecule has 5 N–H and O–H groups in total. The summed E-state index contributed by atoms with van der Waals surface area (Å²) in [6, 6.07) is 14.3. The summed E-state index contributed by atoms with van der Waals surface area (Å²) in [4.78, 5) is 48.0. The van der Waals surface area contributed by atoms with Crippen LogP contribution in [0.3, 0.4) is 0 Å². The third kappa shape index (κ3) is 6.58. The van der Waals surface area contributed by atoms with Crippen molar-refractivity contribution in [3.8, 4) is 0 Å². The molecule has 0 aromatic heterocycles. The fourth-order valence-electron chi connectivity index (χ4n) is 4.71. The lowest BCUT2D eigenvalue weighted by molar-refractivity contribution is -0.147. The summed E-state index contributed by atoms with van der Waals surface area (Å²) in [5.74, 6) is -8.47. The summed E-state index contributed by atoms with van der Waals surface area (Å²) < 4.78 is 0. The molecule has 3 rings (SSSR count). The van der Waals surface area contributed by atoms with E-state index in [1.165, 1.54) is 5.56 Å². The zero-order chi connectivity index (χ0) is 27.3. The monoisotopic (exact) mass is 508 g/mol. The molecule has 1 saturated carbocycles. The molecule has 0 radical (unpaired) electrons. The van der Waals surface area contributed by atoms with Gasteiger partial charge in [-0.25, -0.2) is 0 Å². The number of nitrogens with zero attached hydrogens (tertiary/aromatic N) is 2. The molecule has 1 aliphatic rings. The third-order valence-corrected chi connectivity index (χ3v) is 7.26. The second kappa shape index (κ2) is 11.3. The van der Waals surface area contributed by atoms with E-state index in [-0.39, 0.29) is 11.8 Å². The van der Waals surface area contributed by atoms with Crippen LogP contribution in [0, 0.1) is 23.7 Å². The smallest absolute Gasteiger partial charge is 0.307 e. The Labute approximate surface area is 215 Å². The molecule has 4 atom stereocenters. The first-order valence-corrected chi connectivity index (χ1v) is 12.1. The number of carboxylic acid groups (broad SMARTS) is 2. The van der Waals surface area contributed by atoms with E-state index in [2.05, 4.69) is 36.3 Å². The number of carbonyl (C=O) groups is 4. The van der Waals surface area contributed by atoms with Gasteiger partial charge in [-0.3, -0.25) is 19.2 Å². The third-order valence-electron chi connectivity index (χ3n) is 7.26. The number of anilines is 1. The van der Waals surface area contributed by atoms with Gasteiger partial charge in [0.25, 0.3) is 0 Å². The molecule has 0 bridgehead atoms. The maximum absolute atomic E-state index is 13.0. The van der Waals surface area contributed by atoms with Gasteiger partial charge in [-0.15, -0.1) is 0 Å². The van der Waals surface area contributed by atoms with Crippen LogP contribution < -0.4 is 11.1 Å². The number of azo groups is 1. The molecule has 2 aromatic carbocycles. The van der Waals surface area contributed by atoms with Crippen molar-refractivity contribution in [3.05, 3.63) is 54.1 Å². The van der Waals surface area contributed by atoms with Crippen molar-refractivity contribution in [3.63, 3.8) is 0 Å². The standard InChI is InChI=1S/C27H32N4O6/c1-4-27(2,3)15-5-7-17(8-6-15)30-31-18-11-9-16(10-12-18)29-25(35)23-19(14-22(32)33)20(24(28)34)13-21(23)26(36)37/h5-12,19-21,23H,4,13-14H2,1-3H3,(H2,28,34)(H,29,35)(H,32,33)(H,36,37). The summed E-state index contributed by atoms with van der Waals surface area (Å²) >= 11 is 0. The molecule has 0 heterocycles. The maximum atomic E-state index is 13.0. The number of carbonyl (C=O) groups excluding carboxylic acids is 2. The Morgan fingerprint density at radius 3 is 1.95 bits per heavy atom. The van der Waals surface area contributed by atoms with E-state index in [4.69, 9.17) is 5.73 Å². The average Bonchev–Trinajstić information content (AvgIpc) is 3.23. The summed E-state index contributed by atoms with van der Waals surface area (Å²) in [7, 11) is 0. The van der Waals surface area contributed by atoms with E-state index in [9.17, 15) is 29.4 Å². The van der Waals surface area contributed by atoms with Gasteiger partial charge in [-0.1, -0.05) is 32.9 Å². The summed E-state index contributed by atoms with van der Waals surface area (Å²) in [6.45, 7) is 6.51. The minimum absolute atomic E-state index is 0.0767. The number of benzene rings is 2. The SMILES string of the molecule is CCC(C)(C)c1ccc(N=Nc2ccc(NC(=O)C3C(C(=O)O)CC(C(N)=O)C3CC(=O)O)cc2)cc1. The Hall–Kier alpha value is -4.08. The van der Waals surface area contributed by atoms with E-state index >= 15 is 0 Å². The molecule has 1 aliphatic carbocycles. The number of hydrogen-bond acceptors (Lipinski definition) is 6. The molecular formula is C27H32N4O6. The Morgan fingerprint density at radius 1 is 0.946 bits per heavy atom. The highest BCUT2D eigenvalue weighted by Gasteiger charge is 2.52. The number of amides is 2. The molecule has 10 nitrogen and oxygen atoms in total. The number of primary amides is 1. The molecule has 10 heteroatoms. The second-order valence-corrected chi connectivity index (χ2v) is 10.00.